The van der Waals surface area contributed by atoms with Gasteiger partial charge in [0.05, 0.1) is 32.0 Å². The van der Waals surface area contributed by atoms with Crippen LogP contribution < -0.4 is 0 Å². The van der Waals surface area contributed by atoms with E-state index in [1.54, 1.807) is 24.3 Å². The second kappa shape index (κ2) is 88.4. The van der Waals surface area contributed by atoms with Crippen molar-refractivity contribution in [3.63, 3.8) is 0 Å². The van der Waals surface area contributed by atoms with Crippen molar-refractivity contribution in [1.82, 2.24) is 0 Å². The number of carbonyl (C=O) groups is 4. The Bertz CT molecular complexity index is 2880. The summed E-state index contributed by atoms with van der Waals surface area (Å²) in [6, 6.07) is 6.10. The standard InChI is InChI=1S/2C52H90O7S.Ca/c2*1-3-5-7-9-11-13-15-17-19-21-23-25-27-29-31-33-35-37-39-41-45-58-51(53)49-44-43-48(60(55,56)57)47-50(49)52(54)59-46-42-40-38-36-34-32-30-28-26-24-22-20-18-16-14-12-10-8-6-4-2;/h2*39-44,47H,3-38,45-46H2,1-2H3,(H,55,56,57);/q;;+2/p-2/b2*41-39+,42-40+;. The van der Waals surface area contributed by atoms with Crippen LogP contribution in [0.25, 0.3) is 0 Å². The normalized spacial score (nSPS) is 11.8. The van der Waals surface area contributed by atoms with E-state index in [2.05, 4.69) is 27.7 Å². The van der Waals surface area contributed by atoms with Gasteiger partial charge < -0.3 is 28.1 Å². The van der Waals surface area contributed by atoms with Gasteiger partial charge in [-0.2, -0.15) is 0 Å². The fourth-order valence-electron chi connectivity index (χ4n) is 15.5. The summed E-state index contributed by atoms with van der Waals surface area (Å²) in [5.74, 6) is -3.34. The van der Waals surface area contributed by atoms with Crippen molar-refractivity contribution < 1.29 is 64.1 Å². The van der Waals surface area contributed by atoms with Crippen molar-refractivity contribution in [3.8, 4) is 0 Å². The fraction of sp³-hybridized carbons (Fsp3) is 0.769. The number of rotatable bonds is 86. The van der Waals surface area contributed by atoms with E-state index in [-0.39, 0.29) is 86.4 Å². The van der Waals surface area contributed by atoms with Crippen molar-refractivity contribution >= 4 is 81.9 Å². The molecule has 0 heterocycles. The van der Waals surface area contributed by atoms with Crippen LogP contribution in [0.1, 0.15) is 531 Å². The van der Waals surface area contributed by atoms with Crippen molar-refractivity contribution in [2.75, 3.05) is 26.4 Å². The topological polar surface area (TPSA) is 220 Å². The summed E-state index contributed by atoms with van der Waals surface area (Å²) < 4.78 is 91.4. The van der Waals surface area contributed by atoms with Gasteiger partial charge in [-0.05, 0) is 87.8 Å². The molecule has 2 aromatic carbocycles. The zero-order valence-electron chi connectivity index (χ0n) is 78.1. The van der Waals surface area contributed by atoms with E-state index in [4.69, 9.17) is 18.9 Å². The van der Waals surface area contributed by atoms with Crippen LogP contribution in [0.4, 0.5) is 0 Å². The van der Waals surface area contributed by atoms with Crippen LogP contribution in [0.2, 0.25) is 0 Å². The molecule has 0 amide bonds. The van der Waals surface area contributed by atoms with Crippen LogP contribution in [0.5, 0.6) is 0 Å². The molecule has 0 unspecified atom stereocenters. The third-order valence-corrected chi connectivity index (χ3v) is 24.9. The van der Waals surface area contributed by atoms with Gasteiger partial charge in [0.25, 0.3) is 0 Å². The minimum Gasteiger partial charge on any atom is -0.744 e. The average molecular weight is 1760 g/mol. The molecule has 0 fully saturated rings. The molecule has 0 aliphatic carbocycles. The molecular formula is C104H178CaO14S2. The van der Waals surface area contributed by atoms with Crippen LogP contribution >= 0.6 is 0 Å². The van der Waals surface area contributed by atoms with Gasteiger partial charge in [-0.1, -0.05) is 487 Å². The number of esters is 4. The van der Waals surface area contributed by atoms with Crippen molar-refractivity contribution in [3.05, 3.63) is 107 Å². The van der Waals surface area contributed by atoms with E-state index in [0.29, 0.717) is 0 Å². The molecule has 0 N–H and O–H groups in total. The fourth-order valence-corrected chi connectivity index (χ4v) is 16.5. The molecule has 2 aromatic rings. The Morgan fingerprint density at radius 2 is 0.364 bits per heavy atom. The summed E-state index contributed by atoms with van der Waals surface area (Å²) in [4.78, 5) is 50.5. The Kier molecular flexibility index (Phi) is 85.7. The molecule has 0 aliphatic heterocycles. The van der Waals surface area contributed by atoms with Crippen LogP contribution in [0.15, 0.2) is 94.8 Å². The van der Waals surface area contributed by atoms with E-state index >= 15 is 0 Å². The molecule has 2 rings (SSSR count). The third-order valence-electron chi connectivity index (χ3n) is 23.2. The second-order valence-electron chi connectivity index (χ2n) is 34.4. The van der Waals surface area contributed by atoms with E-state index in [9.17, 15) is 45.1 Å². The summed E-state index contributed by atoms with van der Waals surface area (Å²) in [5.41, 5.74) is -0.875. The molecule has 17 heteroatoms. The molecule has 121 heavy (non-hydrogen) atoms. The molecule has 0 saturated heterocycles. The summed E-state index contributed by atoms with van der Waals surface area (Å²) >= 11 is 0. The maximum Gasteiger partial charge on any atom is 2.00 e. The van der Waals surface area contributed by atoms with Crippen LogP contribution in [-0.4, -0.2) is 114 Å². The molecule has 0 aliphatic rings. The number of ether oxygens (including phenoxy) is 4. The van der Waals surface area contributed by atoms with E-state index in [1.807, 2.05) is 24.3 Å². The number of allylic oxidation sites excluding steroid dienone is 4. The molecule has 0 bridgehead atoms. The van der Waals surface area contributed by atoms with Crippen LogP contribution in [-0.2, 0) is 39.2 Å². The Hall–Kier alpha value is -3.64. The number of unbranched alkanes of at least 4 members (excludes halogenated alkanes) is 68. The smallest absolute Gasteiger partial charge is 0.744 e. The summed E-state index contributed by atoms with van der Waals surface area (Å²) in [7, 11) is -9.68. The predicted octanol–water partition coefficient (Wildman–Crippen LogP) is 31.8. The van der Waals surface area contributed by atoms with Gasteiger partial charge in [-0.3, -0.25) is 0 Å². The van der Waals surface area contributed by atoms with E-state index in [0.717, 1.165) is 87.8 Å². The summed E-state index contributed by atoms with van der Waals surface area (Å²) in [6.45, 7) is 9.08. The number of benzene rings is 2. The number of hydrogen-bond acceptors (Lipinski definition) is 14. The van der Waals surface area contributed by atoms with Gasteiger partial charge in [0, 0.05) is 0 Å². The van der Waals surface area contributed by atoms with Crippen LogP contribution in [0, 0.1) is 0 Å². The number of hydrogen-bond donors (Lipinski definition) is 0. The van der Waals surface area contributed by atoms with Crippen LogP contribution in [0.3, 0.4) is 0 Å². The molecule has 692 valence electrons. The summed E-state index contributed by atoms with van der Waals surface area (Å²) in [6.07, 6.45) is 109. The Morgan fingerprint density at radius 1 is 0.223 bits per heavy atom. The monoisotopic (exact) mass is 1760 g/mol. The van der Waals surface area contributed by atoms with Gasteiger partial charge in [0.1, 0.15) is 46.7 Å². The van der Waals surface area contributed by atoms with Gasteiger partial charge in [-0.15, -0.1) is 0 Å². The van der Waals surface area contributed by atoms with Gasteiger partial charge >= 0.3 is 61.6 Å². The predicted molar refractivity (Wildman–Crippen MR) is 507 cm³/mol. The quantitative estimate of drug-likeness (QED) is 0.0150. The second-order valence-corrected chi connectivity index (χ2v) is 37.1. The molecule has 14 nitrogen and oxygen atoms in total. The average Bonchev–Trinajstić information content (AvgIpc) is 0.813. The third kappa shape index (κ3) is 75.1. The minimum atomic E-state index is -4.84. The van der Waals surface area contributed by atoms with Crippen molar-refractivity contribution in [2.24, 2.45) is 0 Å². The zero-order valence-corrected chi connectivity index (χ0v) is 81.9. The summed E-state index contributed by atoms with van der Waals surface area (Å²) in [5, 5.41) is 0. The Balaban J connectivity index is 0.00000236. The molecule has 0 saturated carbocycles. The first-order valence-corrected chi connectivity index (χ1v) is 52.9. The largest absolute Gasteiger partial charge is 2.00 e. The molecule has 0 spiro atoms. The van der Waals surface area contributed by atoms with E-state index < -0.39 is 53.9 Å². The van der Waals surface area contributed by atoms with Gasteiger partial charge in [-0.25, -0.2) is 36.0 Å². The van der Waals surface area contributed by atoms with Gasteiger partial charge in [0.2, 0.25) is 0 Å². The molecule has 0 radical (unpaired) electrons. The number of carbonyl (C=O) groups excluding carboxylic acids is 4. The van der Waals surface area contributed by atoms with Gasteiger partial charge in [0.15, 0.2) is 0 Å². The zero-order chi connectivity index (χ0) is 87.2. The first kappa shape index (κ1) is 117. The maximum absolute atomic E-state index is 12.9. The van der Waals surface area contributed by atoms with Crippen molar-refractivity contribution in [1.29, 1.82) is 0 Å². The van der Waals surface area contributed by atoms with Crippen molar-refractivity contribution in [2.45, 2.75) is 500 Å². The Labute approximate surface area is 773 Å². The molecular weight excluding hydrogens is 1580 g/mol. The Morgan fingerprint density at radius 3 is 0.512 bits per heavy atom. The first-order valence-electron chi connectivity index (χ1n) is 50.1. The molecule has 0 atom stereocenters. The van der Waals surface area contributed by atoms with E-state index in [1.165, 1.54) is 411 Å². The SMILES string of the molecule is CCCCCCCCCCCCCCCCCCC/C=C/COC(=O)c1ccc(S(=O)(=O)[O-])cc1C(=O)OC/C=C/CCCCCCCCCCCCCCCCCCC.CCCCCCCCCCCCCCCCCCC/C=C/COC(=O)c1ccc(S(=O)(=O)[O-])cc1C(=O)OC/C=C/CCCCCCCCCCCCCCCCCCC.[Ca+2]. The molecule has 0 aromatic heterocycles. The first-order chi connectivity index (χ1) is 58.6. The minimum absolute atomic E-state index is 0. The maximum atomic E-state index is 12.9.